The lowest BCUT2D eigenvalue weighted by molar-refractivity contribution is -0.00520. The molecule has 2 rings (SSSR count). The van der Waals surface area contributed by atoms with Crippen LogP contribution in [0.15, 0.2) is 0 Å². The fourth-order valence-corrected chi connectivity index (χ4v) is 3.83. The average molecular weight is 270 g/mol. The number of nitrogens with one attached hydrogen (secondary N) is 1. The highest BCUT2D eigenvalue weighted by molar-refractivity contribution is 4.99. The second-order valence-electron chi connectivity index (χ2n) is 6.18. The van der Waals surface area contributed by atoms with E-state index in [0.29, 0.717) is 12.0 Å². The van der Waals surface area contributed by atoms with Gasteiger partial charge in [-0.05, 0) is 45.2 Å². The van der Waals surface area contributed by atoms with Gasteiger partial charge in [0.15, 0.2) is 0 Å². The van der Waals surface area contributed by atoms with Gasteiger partial charge in [0.05, 0.1) is 19.8 Å². The third kappa shape index (κ3) is 3.48. The topological polar surface area (TPSA) is 44.7 Å². The highest BCUT2D eigenvalue weighted by atomic mass is 16.5. The van der Waals surface area contributed by atoms with E-state index >= 15 is 0 Å². The minimum absolute atomic E-state index is 0.00965. The molecule has 1 aliphatic heterocycles. The molecule has 3 unspecified atom stereocenters. The summed E-state index contributed by atoms with van der Waals surface area (Å²) in [4.78, 5) is 2.54. The standard InChI is InChI=1S/C15H30N2O2/c1-3-16-15(12-18)7-4-5-14(15)6-8-17-9-10-19-11-13(17)2/h13-14,16,18H,3-12H2,1-2H3. The zero-order chi connectivity index (χ0) is 13.7. The molecule has 0 aromatic rings. The second kappa shape index (κ2) is 7.02. The van der Waals surface area contributed by atoms with Gasteiger partial charge >= 0.3 is 0 Å². The van der Waals surface area contributed by atoms with E-state index in [2.05, 4.69) is 24.1 Å². The zero-order valence-corrected chi connectivity index (χ0v) is 12.5. The van der Waals surface area contributed by atoms with Crippen molar-refractivity contribution < 1.29 is 9.84 Å². The summed E-state index contributed by atoms with van der Waals surface area (Å²) in [6, 6.07) is 0.540. The molecule has 1 aliphatic carbocycles. The summed E-state index contributed by atoms with van der Waals surface area (Å²) in [5, 5.41) is 13.4. The van der Waals surface area contributed by atoms with Crippen LogP contribution in [0.3, 0.4) is 0 Å². The van der Waals surface area contributed by atoms with Gasteiger partial charge in [0, 0.05) is 18.1 Å². The Hall–Kier alpha value is -0.160. The van der Waals surface area contributed by atoms with Crippen molar-refractivity contribution >= 4 is 0 Å². The first-order chi connectivity index (χ1) is 9.22. The zero-order valence-electron chi connectivity index (χ0n) is 12.5. The van der Waals surface area contributed by atoms with Crippen LogP contribution in [0, 0.1) is 5.92 Å². The molecule has 2 aliphatic rings. The van der Waals surface area contributed by atoms with Crippen molar-refractivity contribution in [3.8, 4) is 0 Å². The van der Waals surface area contributed by atoms with Crippen molar-refractivity contribution in [3.63, 3.8) is 0 Å². The molecule has 0 radical (unpaired) electrons. The molecule has 1 saturated carbocycles. The molecule has 2 fully saturated rings. The van der Waals surface area contributed by atoms with Gasteiger partial charge in [-0.2, -0.15) is 0 Å². The molecule has 4 nitrogen and oxygen atoms in total. The van der Waals surface area contributed by atoms with Crippen LogP contribution in [0.5, 0.6) is 0 Å². The first-order valence-electron chi connectivity index (χ1n) is 7.89. The third-order valence-electron chi connectivity index (χ3n) is 5.04. The fraction of sp³-hybridized carbons (Fsp3) is 1.00. The number of ether oxygens (including phenoxy) is 1. The van der Waals surface area contributed by atoms with Crippen molar-refractivity contribution in [2.75, 3.05) is 39.5 Å². The number of morpholine rings is 1. The van der Waals surface area contributed by atoms with Gasteiger partial charge in [0.1, 0.15) is 0 Å². The van der Waals surface area contributed by atoms with Gasteiger partial charge in [-0.1, -0.05) is 13.3 Å². The summed E-state index contributed by atoms with van der Waals surface area (Å²) in [6.07, 6.45) is 4.82. The predicted octanol–water partition coefficient (Wildman–Crippen LogP) is 1.24. The van der Waals surface area contributed by atoms with Gasteiger partial charge < -0.3 is 15.2 Å². The molecular formula is C15H30N2O2. The lowest BCUT2D eigenvalue weighted by Crippen LogP contribution is -2.52. The molecule has 1 heterocycles. The van der Waals surface area contributed by atoms with Gasteiger partial charge in [-0.15, -0.1) is 0 Å². The third-order valence-corrected chi connectivity index (χ3v) is 5.04. The maximum absolute atomic E-state index is 9.81. The smallest absolute Gasteiger partial charge is 0.0619 e. The first-order valence-corrected chi connectivity index (χ1v) is 7.89. The summed E-state index contributed by atoms with van der Waals surface area (Å²) < 4.78 is 5.49. The molecule has 2 N–H and O–H groups in total. The number of hydrogen-bond acceptors (Lipinski definition) is 4. The highest BCUT2D eigenvalue weighted by Gasteiger charge is 2.41. The fourth-order valence-electron chi connectivity index (χ4n) is 3.83. The first kappa shape index (κ1) is 15.2. The SMILES string of the molecule is CCNC1(CO)CCCC1CCN1CCOCC1C. The van der Waals surface area contributed by atoms with Gasteiger partial charge in [0.2, 0.25) is 0 Å². The van der Waals surface area contributed by atoms with Crippen molar-refractivity contribution in [2.45, 2.75) is 51.1 Å². The van der Waals surface area contributed by atoms with Gasteiger partial charge in [0.25, 0.3) is 0 Å². The van der Waals surface area contributed by atoms with E-state index in [-0.39, 0.29) is 12.1 Å². The van der Waals surface area contributed by atoms with E-state index in [4.69, 9.17) is 4.74 Å². The Morgan fingerprint density at radius 3 is 3.00 bits per heavy atom. The Labute approximate surface area is 117 Å². The highest BCUT2D eigenvalue weighted by Crippen LogP contribution is 2.37. The Morgan fingerprint density at radius 1 is 1.47 bits per heavy atom. The molecule has 0 aromatic carbocycles. The number of likely N-dealkylation sites (N-methyl/N-ethyl adjacent to an activating group) is 1. The van der Waals surface area contributed by atoms with Crippen molar-refractivity contribution in [2.24, 2.45) is 5.92 Å². The Balaban J connectivity index is 1.86. The molecule has 0 amide bonds. The summed E-state index contributed by atoms with van der Waals surface area (Å²) in [5.74, 6) is 0.618. The molecule has 112 valence electrons. The Kier molecular flexibility index (Phi) is 5.63. The second-order valence-corrected chi connectivity index (χ2v) is 6.18. The van der Waals surface area contributed by atoms with E-state index in [1.54, 1.807) is 0 Å². The molecular weight excluding hydrogens is 240 g/mol. The molecule has 0 aromatic heterocycles. The summed E-state index contributed by atoms with van der Waals surface area (Å²) in [6.45, 7) is 9.54. The van der Waals surface area contributed by atoms with Crippen LogP contribution in [0.1, 0.15) is 39.5 Å². The molecule has 0 bridgehead atoms. The van der Waals surface area contributed by atoms with E-state index in [9.17, 15) is 5.11 Å². The molecule has 3 atom stereocenters. The number of hydrogen-bond donors (Lipinski definition) is 2. The normalized spacial score (nSPS) is 36.8. The number of aliphatic hydroxyl groups excluding tert-OH is 1. The number of rotatable bonds is 6. The number of aliphatic hydroxyl groups is 1. The molecule has 4 heteroatoms. The molecule has 0 spiro atoms. The van der Waals surface area contributed by atoms with E-state index in [0.717, 1.165) is 39.3 Å². The largest absolute Gasteiger partial charge is 0.394 e. The molecule has 1 saturated heterocycles. The lowest BCUT2D eigenvalue weighted by Gasteiger charge is -2.38. The number of nitrogens with zero attached hydrogens (tertiary/aromatic N) is 1. The van der Waals surface area contributed by atoms with Crippen molar-refractivity contribution in [1.29, 1.82) is 0 Å². The lowest BCUT2D eigenvalue weighted by atomic mass is 9.85. The average Bonchev–Trinajstić information content (AvgIpc) is 2.82. The monoisotopic (exact) mass is 270 g/mol. The van der Waals surface area contributed by atoms with Gasteiger partial charge in [-0.25, -0.2) is 0 Å². The Morgan fingerprint density at radius 2 is 2.32 bits per heavy atom. The van der Waals surface area contributed by atoms with E-state index in [1.165, 1.54) is 19.3 Å². The van der Waals surface area contributed by atoms with Crippen LogP contribution < -0.4 is 5.32 Å². The van der Waals surface area contributed by atoms with Crippen LogP contribution in [0.25, 0.3) is 0 Å². The summed E-state index contributed by atoms with van der Waals surface area (Å²) in [5.41, 5.74) is -0.00965. The van der Waals surface area contributed by atoms with Gasteiger partial charge in [-0.3, -0.25) is 4.90 Å². The minimum atomic E-state index is -0.00965. The van der Waals surface area contributed by atoms with E-state index < -0.39 is 0 Å². The van der Waals surface area contributed by atoms with Crippen molar-refractivity contribution in [1.82, 2.24) is 10.2 Å². The maximum atomic E-state index is 9.81. The van der Waals surface area contributed by atoms with E-state index in [1.807, 2.05) is 0 Å². The maximum Gasteiger partial charge on any atom is 0.0619 e. The summed E-state index contributed by atoms with van der Waals surface area (Å²) >= 11 is 0. The van der Waals surface area contributed by atoms with Crippen molar-refractivity contribution in [3.05, 3.63) is 0 Å². The molecule has 19 heavy (non-hydrogen) atoms. The minimum Gasteiger partial charge on any atom is -0.394 e. The summed E-state index contributed by atoms with van der Waals surface area (Å²) in [7, 11) is 0. The predicted molar refractivity (Wildman–Crippen MR) is 77.3 cm³/mol. The van der Waals surface area contributed by atoms with Crippen LogP contribution in [0.2, 0.25) is 0 Å². The van der Waals surface area contributed by atoms with Crippen LogP contribution in [-0.2, 0) is 4.74 Å². The quantitative estimate of drug-likeness (QED) is 0.762. The van der Waals surface area contributed by atoms with Crippen LogP contribution in [-0.4, -0.2) is 61.0 Å². The van der Waals surface area contributed by atoms with Crippen LogP contribution >= 0.6 is 0 Å². The Bertz CT molecular complexity index is 275. The van der Waals surface area contributed by atoms with Crippen LogP contribution in [0.4, 0.5) is 0 Å².